The van der Waals surface area contributed by atoms with Gasteiger partial charge in [-0.3, -0.25) is 0 Å². The van der Waals surface area contributed by atoms with E-state index in [1.165, 1.54) is 5.56 Å². The fourth-order valence-electron chi connectivity index (χ4n) is 2.42. The summed E-state index contributed by atoms with van der Waals surface area (Å²) in [6.07, 6.45) is 1.84. The summed E-state index contributed by atoms with van der Waals surface area (Å²) in [5.74, 6) is 2.37. The van der Waals surface area contributed by atoms with Crippen LogP contribution in [0.4, 0.5) is 0 Å². The van der Waals surface area contributed by atoms with Crippen molar-refractivity contribution in [2.75, 3.05) is 6.54 Å². The number of nitrogens with two attached hydrogens (primary N) is 1. The van der Waals surface area contributed by atoms with E-state index in [1.807, 2.05) is 12.1 Å². The third-order valence-corrected chi connectivity index (χ3v) is 3.35. The van der Waals surface area contributed by atoms with Gasteiger partial charge in [-0.25, -0.2) is 0 Å². The second-order valence-corrected chi connectivity index (χ2v) is 5.82. The molecule has 4 nitrogen and oxygen atoms in total. The Morgan fingerprint density at radius 3 is 2.75 bits per heavy atom. The van der Waals surface area contributed by atoms with Crippen molar-refractivity contribution >= 4 is 0 Å². The van der Waals surface area contributed by atoms with Crippen molar-refractivity contribution in [3.05, 3.63) is 35.7 Å². The van der Waals surface area contributed by atoms with Crippen LogP contribution in [-0.2, 0) is 6.42 Å². The van der Waals surface area contributed by atoms with Gasteiger partial charge in [0.05, 0.1) is 0 Å². The summed E-state index contributed by atoms with van der Waals surface area (Å²) in [5.41, 5.74) is 8.00. The van der Waals surface area contributed by atoms with E-state index in [1.54, 1.807) is 0 Å². The van der Waals surface area contributed by atoms with Gasteiger partial charge in [-0.05, 0) is 37.8 Å². The summed E-state index contributed by atoms with van der Waals surface area (Å²) >= 11 is 0. The Kier molecular flexibility index (Phi) is 4.90. The number of aromatic nitrogens is 2. The summed E-state index contributed by atoms with van der Waals surface area (Å²) in [6, 6.07) is 8.11. The van der Waals surface area contributed by atoms with Crippen molar-refractivity contribution in [3.8, 4) is 11.4 Å². The Labute approximate surface area is 120 Å². The lowest BCUT2D eigenvalue weighted by molar-refractivity contribution is 0.332. The summed E-state index contributed by atoms with van der Waals surface area (Å²) in [6.45, 7) is 7.11. The highest BCUT2D eigenvalue weighted by Crippen LogP contribution is 2.20. The summed E-state index contributed by atoms with van der Waals surface area (Å²) < 4.78 is 5.36. The van der Waals surface area contributed by atoms with Crippen LogP contribution in [0.25, 0.3) is 11.4 Å². The van der Waals surface area contributed by atoms with E-state index in [0.717, 1.165) is 18.4 Å². The van der Waals surface area contributed by atoms with Crippen molar-refractivity contribution in [1.82, 2.24) is 10.1 Å². The first kappa shape index (κ1) is 14.7. The van der Waals surface area contributed by atoms with E-state index in [9.17, 15) is 0 Å². The number of rotatable bonds is 6. The van der Waals surface area contributed by atoms with E-state index in [-0.39, 0.29) is 0 Å². The van der Waals surface area contributed by atoms with E-state index in [0.29, 0.717) is 30.1 Å². The van der Waals surface area contributed by atoms with Crippen molar-refractivity contribution in [3.63, 3.8) is 0 Å². The molecule has 0 aliphatic heterocycles. The average molecular weight is 273 g/mol. The summed E-state index contributed by atoms with van der Waals surface area (Å²) in [5, 5.41) is 4.07. The van der Waals surface area contributed by atoms with Gasteiger partial charge in [0.2, 0.25) is 11.7 Å². The maximum Gasteiger partial charge on any atom is 0.227 e. The van der Waals surface area contributed by atoms with Crippen LogP contribution < -0.4 is 5.73 Å². The topological polar surface area (TPSA) is 64.9 Å². The normalized spacial score (nSPS) is 12.8. The fraction of sp³-hybridized carbons (Fsp3) is 0.500. The monoisotopic (exact) mass is 273 g/mol. The van der Waals surface area contributed by atoms with E-state index >= 15 is 0 Å². The van der Waals surface area contributed by atoms with E-state index in [4.69, 9.17) is 10.3 Å². The summed E-state index contributed by atoms with van der Waals surface area (Å²) in [4.78, 5) is 4.48. The molecule has 1 unspecified atom stereocenters. The number of hydrogen-bond donors (Lipinski definition) is 1. The molecule has 0 fully saturated rings. The van der Waals surface area contributed by atoms with Gasteiger partial charge < -0.3 is 10.3 Å². The van der Waals surface area contributed by atoms with Crippen LogP contribution in [0.2, 0.25) is 0 Å². The molecule has 20 heavy (non-hydrogen) atoms. The van der Waals surface area contributed by atoms with Crippen LogP contribution in [0.15, 0.2) is 28.8 Å². The number of aryl methyl sites for hydroxylation is 1. The first-order valence-corrected chi connectivity index (χ1v) is 7.18. The van der Waals surface area contributed by atoms with Crippen LogP contribution in [0.5, 0.6) is 0 Å². The maximum absolute atomic E-state index is 5.82. The Hall–Kier alpha value is -1.68. The van der Waals surface area contributed by atoms with Crippen molar-refractivity contribution < 1.29 is 4.52 Å². The first-order chi connectivity index (χ1) is 9.58. The molecule has 0 radical (unpaired) electrons. The van der Waals surface area contributed by atoms with Crippen LogP contribution in [0.3, 0.4) is 0 Å². The lowest BCUT2D eigenvalue weighted by Crippen LogP contribution is -2.19. The minimum atomic E-state index is 0.404. The smallest absolute Gasteiger partial charge is 0.227 e. The SMILES string of the molecule is Cc1cccc(-c2noc(CC(CN)CC(C)C)n2)c1. The predicted molar refractivity (Wildman–Crippen MR) is 80.2 cm³/mol. The lowest BCUT2D eigenvalue weighted by Gasteiger charge is -2.14. The molecule has 0 spiro atoms. The predicted octanol–water partition coefficient (Wildman–Crippen LogP) is 3.21. The van der Waals surface area contributed by atoms with Gasteiger partial charge in [-0.1, -0.05) is 42.8 Å². The molecular formula is C16H23N3O. The zero-order valence-electron chi connectivity index (χ0n) is 12.5. The molecule has 2 N–H and O–H groups in total. The molecule has 2 rings (SSSR count). The minimum Gasteiger partial charge on any atom is -0.339 e. The zero-order chi connectivity index (χ0) is 14.5. The minimum absolute atomic E-state index is 0.404. The highest BCUT2D eigenvalue weighted by molar-refractivity contribution is 5.55. The Morgan fingerprint density at radius 2 is 2.10 bits per heavy atom. The Morgan fingerprint density at radius 1 is 1.30 bits per heavy atom. The Bertz CT molecular complexity index is 548. The molecule has 4 heteroatoms. The van der Waals surface area contributed by atoms with E-state index < -0.39 is 0 Å². The van der Waals surface area contributed by atoms with Crippen molar-refractivity contribution in [1.29, 1.82) is 0 Å². The molecular weight excluding hydrogens is 250 g/mol. The molecule has 0 aliphatic carbocycles. The molecule has 0 amide bonds. The first-order valence-electron chi connectivity index (χ1n) is 7.18. The molecule has 1 atom stereocenters. The maximum atomic E-state index is 5.82. The van der Waals surface area contributed by atoms with Crippen LogP contribution in [0.1, 0.15) is 31.7 Å². The van der Waals surface area contributed by atoms with Gasteiger partial charge in [0.25, 0.3) is 0 Å². The number of benzene rings is 1. The highest BCUT2D eigenvalue weighted by Gasteiger charge is 2.15. The standard InChI is InChI=1S/C16H23N3O/c1-11(2)7-13(10-17)9-15-18-16(19-20-15)14-6-4-5-12(3)8-14/h4-6,8,11,13H,7,9-10,17H2,1-3H3. The Balaban J connectivity index is 2.09. The fourth-order valence-corrected chi connectivity index (χ4v) is 2.42. The van der Waals surface area contributed by atoms with Crippen LogP contribution >= 0.6 is 0 Å². The molecule has 0 saturated heterocycles. The second-order valence-electron chi connectivity index (χ2n) is 5.82. The van der Waals surface area contributed by atoms with Crippen LogP contribution in [0, 0.1) is 18.8 Å². The lowest BCUT2D eigenvalue weighted by atomic mass is 9.94. The van der Waals surface area contributed by atoms with Gasteiger partial charge in [0, 0.05) is 12.0 Å². The molecule has 0 saturated carbocycles. The molecule has 0 bridgehead atoms. The second kappa shape index (κ2) is 6.66. The zero-order valence-corrected chi connectivity index (χ0v) is 12.5. The molecule has 1 aromatic carbocycles. The number of hydrogen-bond acceptors (Lipinski definition) is 4. The quantitative estimate of drug-likeness (QED) is 0.877. The number of nitrogens with zero attached hydrogens (tertiary/aromatic N) is 2. The third kappa shape index (κ3) is 3.90. The highest BCUT2D eigenvalue weighted by atomic mass is 16.5. The van der Waals surface area contributed by atoms with Crippen molar-refractivity contribution in [2.24, 2.45) is 17.6 Å². The van der Waals surface area contributed by atoms with Crippen LogP contribution in [-0.4, -0.2) is 16.7 Å². The van der Waals surface area contributed by atoms with Gasteiger partial charge in [0.1, 0.15) is 0 Å². The van der Waals surface area contributed by atoms with E-state index in [2.05, 4.69) is 43.0 Å². The molecule has 1 aromatic heterocycles. The van der Waals surface area contributed by atoms with Gasteiger partial charge in [-0.15, -0.1) is 0 Å². The van der Waals surface area contributed by atoms with Gasteiger partial charge in [0.15, 0.2) is 0 Å². The van der Waals surface area contributed by atoms with Gasteiger partial charge >= 0.3 is 0 Å². The molecule has 2 aromatic rings. The average Bonchev–Trinajstić information content (AvgIpc) is 2.86. The largest absolute Gasteiger partial charge is 0.339 e. The molecule has 0 aliphatic rings. The third-order valence-electron chi connectivity index (χ3n) is 3.35. The molecule has 108 valence electrons. The summed E-state index contributed by atoms with van der Waals surface area (Å²) in [7, 11) is 0. The van der Waals surface area contributed by atoms with Gasteiger partial charge in [-0.2, -0.15) is 4.98 Å². The van der Waals surface area contributed by atoms with Crippen molar-refractivity contribution in [2.45, 2.75) is 33.6 Å². The molecule has 1 heterocycles.